The summed E-state index contributed by atoms with van der Waals surface area (Å²) in [6.45, 7) is 13.6. The molecule has 0 saturated carbocycles. The number of ether oxygens (including phenoxy) is 7. The minimum atomic E-state index is -1.14. The van der Waals surface area contributed by atoms with Crippen LogP contribution in [0, 0.1) is 0 Å². The average Bonchev–Trinajstić information content (AvgIpc) is 2.88. The van der Waals surface area contributed by atoms with Crippen LogP contribution in [0.4, 0.5) is 0 Å². The second kappa shape index (κ2) is 16.9. The molecule has 0 aliphatic carbocycles. The van der Waals surface area contributed by atoms with Gasteiger partial charge in [-0.15, -0.1) is 6.58 Å². The molecule has 0 bridgehead atoms. The highest BCUT2D eigenvalue weighted by Gasteiger charge is 2.21. The fourth-order valence-electron chi connectivity index (χ4n) is 3.67. The normalized spacial score (nSPS) is 18.2. The molecule has 2 rings (SSSR count). The number of benzene rings is 1. The molecule has 1 aliphatic heterocycles. The van der Waals surface area contributed by atoms with E-state index in [1.165, 1.54) is 0 Å². The predicted octanol–water partition coefficient (Wildman–Crippen LogP) is 5.96. The van der Waals surface area contributed by atoms with E-state index in [1.54, 1.807) is 20.3 Å². The first-order valence-corrected chi connectivity index (χ1v) is 16.6. The lowest BCUT2D eigenvalue weighted by molar-refractivity contribution is -0.155. The Morgan fingerprint density at radius 2 is 1.89 bits per heavy atom. The van der Waals surface area contributed by atoms with Crippen LogP contribution in [0.5, 0.6) is 11.5 Å². The van der Waals surface area contributed by atoms with Crippen molar-refractivity contribution in [2.45, 2.75) is 76.5 Å². The molecule has 1 saturated heterocycles. The van der Waals surface area contributed by atoms with Crippen LogP contribution in [0.25, 0.3) is 0 Å². The summed E-state index contributed by atoms with van der Waals surface area (Å²) in [5.74, 6) is 1.36. The van der Waals surface area contributed by atoms with Gasteiger partial charge in [0.05, 0.1) is 33.5 Å². The van der Waals surface area contributed by atoms with E-state index in [1.807, 2.05) is 24.3 Å². The van der Waals surface area contributed by atoms with Crippen molar-refractivity contribution in [3.8, 4) is 11.5 Å². The molecule has 0 spiro atoms. The van der Waals surface area contributed by atoms with Crippen molar-refractivity contribution in [2.24, 2.45) is 0 Å². The van der Waals surface area contributed by atoms with Crippen molar-refractivity contribution >= 4 is 8.07 Å². The molecule has 0 aromatic heterocycles. The molecule has 1 fully saturated rings. The smallest absolute Gasteiger partial charge is 0.161 e. The van der Waals surface area contributed by atoms with Crippen molar-refractivity contribution in [1.82, 2.24) is 0 Å². The third-order valence-electron chi connectivity index (χ3n) is 5.90. The van der Waals surface area contributed by atoms with Gasteiger partial charge in [-0.3, -0.25) is 0 Å². The first-order chi connectivity index (χ1) is 17.4. The van der Waals surface area contributed by atoms with Crippen LogP contribution >= 0.6 is 0 Å². The maximum absolute atomic E-state index is 6.30. The highest BCUT2D eigenvalue weighted by molar-refractivity contribution is 6.76. The van der Waals surface area contributed by atoms with Crippen LogP contribution in [-0.2, 0) is 30.3 Å². The molecular formula is C28H46O7Si. The Labute approximate surface area is 218 Å². The van der Waals surface area contributed by atoms with Crippen molar-refractivity contribution in [1.29, 1.82) is 0 Å². The third kappa shape index (κ3) is 12.0. The highest BCUT2D eigenvalue weighted by Crippen LogP contribution is 2.28. The molecule has 8 heteroatoms. The fraction of sp³-hybridized carbons (Fsp3) is 0.643. The zero-order valence-corrected chi connectivity index (χ0v) is 23.8. The van der Waals surface area contributed by atoms with Crippen LogP contribution in [0.3, 0.4) is 0 Å². The largest absolute Gasteiger partial charge is 0.493 e. The second-order valence-corrected chi connectivity index (χ2v) is 15.7. The van der Waals surface area contributed by atoms with Crippen molar-refractivity contribution in [3.05, 3.63) is 48.6 Å². The van der Waals surface area contributed by atoms with Gasteiger partial charge in [0.1, 0.15) is 12.9 Å². The first-order valence-electron chi connectivity index (χ1n) is 12.9. The van der Waals surface area contributed by atoms with Gasteiger partial charge in [-0.2, -0.15) is 0 Å². The fourth-order valence-corrected chi connectivity index (χ4v) is 4.42. The van der Waals surface area contributed by atoms with E-state index in [0.717, 1.165) is 37.5 Å². The van der Waals surface area contributed by atoms with Gasteiger partial charge in [0.2, 0.25) is 0 Å². The molecule has 204 valence electrons. The van der Waals surface area contributed by atoms with Gasteiger partial charge in [-0.25, -0.2) is 0 Å². The molecule has 0 amide bonds. The lowest BCUT2D eigenvalue weighted by atomic mass is 10.1. The minimum Gasteiger partial charge on any atom is -0.493 e. The lowest BCUT2D eigenvalue weighted by Crippen LogP contribution is -2.31. The molecule has 7 nitrogen and oxygen atoms in total. The Balaban J connectivity index is 1.93. The monoisotopic (exact) mass is 522 g/mol. The number of hydrogen-bond acceptors (Lipinski definition) is 7. The zero-order valence-electron chi connectivity index (χ0n) is 22.8. The van der Waals surface area contributed by atoms with Crippen LogP contribution in [-0.4, -0.2) is 67.4 Å². The van der Waals surface area contributed by atoms with E-state index < -0.39 is 8.07 Å². The van der Waals surface area contributed by atoms with Gasteiger partial charge in [0, 0.05) is 21.3 Å². The maximum Gasteiger partial charge on any atom is 0.161 e. The molecule has 0 N–H and O–H groups in total. The molecular weight excluding hydrogens is 476 g/mol. The van der Waals surface area contributed by atoms with Crippen molar-refractivity contribution in [2.75, 3.05) is 40.8 Å². The molecule has 1 unspecified atom stereocenters. The van der Waals surface area contributed by atoms with E-state index in [2.05, 4.69) is 32.3 Å². The number of hydrogen-bond donors (Lipinski definition) is 0. The Hall–Kier alpha value is -1.68. The van der Waals surface area contributed by atoms with Gasteiger partial charge in [0.25, 0.3) is 0 Å². The van der Waals surface area contributed by atoms with Gasteiger partial charge < -0.3 is 33.2 Å². The SMILES string of the molecule is C=C[C@H](OCOCC[Si](C)(C)C)[C@@H](C/C=C\COC1CCCCO1)OCc1ccc(OC)c(OC)c1. The minimum absolute atomic E-state index is 0.0990. The van der Waals surface area contributed by atoms with E-state index in [9.17, 15) is 0 Å². The Bertz CT molecular complexity index is 772. The van der Waals surface area contributed by atoms with Crippen LogP contribution in [0.2, 0.25) is 25.7 Å². The third-order valence-corrected chi connectivity index (χ3v) is 7.61. The quantitative estimate of drug-likeness (QED) is 0.102. The van der Waals surface area contributed by atoms with Crippen LogP contribution in [0.1, 0.15) is 31.2 Å². The lowest BCUT2D eigenvalue weighted by Gasteiger charge is -2.25. The Kier molecular flexibility index (Phi) is 14.4. The second-order valence-electron chi connectivity index (χ2n) is 10.1. The molecule has 0 radical (unpaired) electrons. The summed E-state index contributed by atoms with van der Waals surface area (Å²) >= 11 is 0. The molecule has 1 aliphatic rings. The standard InChI is InChI=1S/C28H46O7Si/c1-7-24(35-22-31-18-19-36(4,5)6)26(12-8-10-16-32-28-13-9-11-17-33-28)34-21-23-14-15-25(29-2)27(20-23)30-3/h7-8,10,14-15,20,24,26,28H,1,9,11-13,16-19,21-22H2,2-6H3/b10-8-/t24-,26+,28?/m0/s1. The average molecular weight is 523 g/mol. The highest BCUT2D eigenvalue weighted by atomic mass is 28.3. The van der Waals surface area contributed by atoms with Crippen molar-refractivity contribution in [3.63, 3.8) is 0 Å². The van der Waals surface area contributed by atoms with E-state index in [4.69, 9.17) is 33.2 Å². The summed E-state index contributed by atoms with van der Waals surface area (Å²) in [5.41, 5.74) is 0.980. The molecule has 1 aromatic carbocycles. The van der Waals surface area contributed by atoms with Gasteiger partial charge in [0.15, 0.2) is 17.8 Å². The van der Waals surface area contributed by atoms with E-state index >= 15 is 0 Å². The maximum atomic E-state index is 6.30. The number of methoxy groups -OCH3 is 2. The molecule has 1 heterocycles. The van der Waals surface area contributed by atoms with Gasteiger partial charge in [-0.05, 0) is 49.4 Å². The summed E-state index contributed by atoms with van der Waals surface area (Å²) in [4.78, 5) is 0. The number of rotatable bonds is 18. The molecule has 36 heavy (non-hydrogen) atoms. The summed E-state index contributed by atoms with van der Waals surface area (Å²) in [7, 11) is 2.11. The zero-order chi connectivity index (χ0) is 26.2. The summed E-state index contributed by atoms with van der Waals surface area (Å²) in [5, 5.41) is 0. The van der Waals surface area contributed by atoms with E-state index in [-0.39, 0.29) is 25.3 Å². The summed E-state index contributed by atoms with van der Waals surface area (Å²) in [6.07, 6.45) is 9.06. The van der Waals surface area contributed by atoms with Gasteiger partial charge in [-0.1, -0.05) is 43.9 Å². The summed E-state index contributed by atoms with van der Waals surface area (Å²) < 4.78 is 40.3. The first kappa shape index (κ1) is 30.5. The molecule has 3 atom stereocenters. The topological polar surface area (TPSA) is 64.6 Å². The van der Waals surface area contributed by atoms with Crippen molar-refractivity contribution < 1.29 is 33.2 Å². The Morgan fingerprint density at radius 1 is 1.08 bits per heavy atom. The Morgan fingerprint density at radius 3 is 2.56 bits per heavy atom. The van der Waals surface area contributed by atoms with Crippen LogP contribution < -0.4 is 9.47 Å². The van der Waals surface area contributed by atoms with E-state index in [0.29, 0.717) is 37.7 Å². The van der Waals surface area contributed by atoms with Gasteiger partial charge >= 0.3 is 0 Å². The van der Waals surface area contributed by atoms with Crippen LogP contribution in [0.15, 0.2) is 43.0 Å². The predicted molar refractivity (Wildman–Crippen MR) is 145 cm³/mol. The summed E-state index contributed by atoms with van der Waals surface area (Å²) in [6, 6.07) is 6.87. The molecule has 1 aromatic rings.